The van der Waals surface area contributed by atoms with E-state index in [0.717, 1.165) is 29.7 Å². The van der Waals surface area contributed by atoms with Crippen molar-refractivity contribution in [1.82, 2.24) is 5.32 Å². The van der Waals surface area contributed by atoms with Gasteiger partial charge in [0.15, 0.2) is 27.5 Å². The molecule has 1 aliphatic carbocycles. The molecule has 1 aliphatic heterocycles. The predicted molar refractivity (Wildman–Crippen MR) is 125 cm³/mol. The van der Waals surface area contributed by atoms with Gasteiger partial charge in [0, 0.05) is 10.9 Å². The molecule has 0 unspecified atom stereocenters. The number of halogens is 1. The first-order valence-electron chi connectivity index (χ1n) is 11.0. The van der Waals surface area contributed by atoms with Gasteiger partial charge in [0.25, 0.3) is 11.8 Å². The molecule has 0 bridgehead atoms. The standard InChI is InChI=1S/C23H27FN2O5S2/c1-13-7-8-16-19(11-13)32-23(20(16)22(28)25-15-9-10-33(29,30)12-15)26-21(27)14(2)31-18-6-4-3-5-17(18)24/h3-6,13-15H,7-12H2,1-2H3,(H,25,28)(H,26,27)/t13-,14-,15+/m0/s1. The molecule has 33 heavy (non-hydrogen) atoms. The number of benzene rings is 1. The molecular weight excluding hydrogens is 467 g/mol. The molecule has 2 aliphatic rings. The smallest absolute Gasteiger partial charge is 0.265 e. The van der Waals surface area contributed by atoms with Gasteiger partial charge in [-0.1, -0.05) is 19.1 Å². The van der Waals surface area contributed by atoms with E-state index in [0.29, 0.717) is 22.9 Å². The number of ether oxygens (including phenoxy) is 1. The molecular formula is C23H27FN2O5S2. The minimum atomic E-state index is -3.14. The van der Waals surface area contributed by atoms with Crippen LogP contribution in [-0.4, -0.2) is 43.9 Å². The molecule has 178 valence electrons. The van der Waals surface area contributed by atoms with E-state index < -0.39 is 33.7 Å². The summed E-state index contributed by atoms with van der Waals surface area (Å²) in [5, 5.41) is 6.06. The third-order valence-corrected chi connectivity index (χ3v) is 8.99. The van der Waals surface area contributed by atoms with Crippen LogP contribution in [0.15, 0.2) is 24.3 Å². The second-order valence-corrected chi connectivity index (χ2v) is 12.1. The van der Waals surface area contributed by atoms with E-state index in [4.69, 9.17) is 4.74 Å². The highest BCUT2D eigenvalue weighted by molar-refractivity contribution is 7.91. The van der Waals surface area contributed by atoms with Gasteiger partial charge < -0.3 is 15.4 Å². The summed E-state index contributed by atoms with van der Waals surface area (Å²) >= 11 is 1.37. The number of carbonyl (C=O) groups excluding carboxylic acids is 2. The maximum absolute atomic E-state index is 13.9. The van der Waals surface area contributed by atoms with Gasteiger partial charge in [0.05, 0.1) is 17.1 Å². The van der Waals surface area contributed by atoms with Gasteiger partial charge in [-0.25, -0.2) is 12.8 Å². The van der Waals surface area contributed by atoms with E-state index in [9.17, 15) is 22.4 Å². The van der Waals surface area contributed by atoms with Crippen molar-refractivity contribution in [2.75, 3.05) is 16.8 Å². The van der Waals surface area contributed by atoms with Crippen molar-refractivity contribution in [3.63, 3.8) is 0 Å². The molecule has 7 nitrogen and oxygen atoms in total. The molecule has 2 N–H and O–H groups in total. The quantitative estimate of drug-likeness (QED) is 0.642. The number of carbonyl (C=O) groups is 2. The Morgan fingerprint density at radius 2 is 2.00 bits per heavy atom. The SMILES string of the molecule is C[C@H]1CCc2c(sc(NC(=O)[C@H](C)Oc3ccccc3F)c2C(=O)N[C@@H]2CCS(=O)(=O)C2)C1. The highest BCUT2D eigenvalue weighted by atomic mass is 32.2. The summed E-state index contributed by atoms with van der Waals surface area (Å²) in [6, 6.07) is 5.40. The fraction of sp³-hybridized carbons (Fsp3) is 0.478. The van der Waals surface area contributed by atoms with Crippen molar-refractivity contribution in [2.45, 2.75) is 51.7 Å². The number of anilines is 1. The van der Waals surface area contributed by atoms with Crippen LogP contribution in [0, 0.1) is 11.7 Å². The molecule has 1 aromatic carbocycles. The minimum Gasteiger partial charge on any atom is -0.478 e. The van der Waals surface area contributed by atoms with Crippen LogP contribution in [0.1, 0.15) is 47.5 Å². The van der Waals surface area contributed by atoms with Crippen LogP contribution in [0.3, 0.4) is 0 Å². The Morgan fingerprint density at radius 3 is 2.70 bits per heavy atom. The van der Waals surface area contributed by atoms with E-state index in [-0.39, 0.29) is 23.2 Å². The molecule has 2 amide bonds. The van der Waals surface area contributed by atoms with Crippen molar-refractivity contribution in [3.8, 4) is 5.75 Å². The molecule has 1 fully saturated rings. The Labute approximate surface area is 196 Å². The summed E-state index contributed by atoms with van der Waals surface area (Å²) in [4.78, 5) is 27.1. The fourth-order valence-corrected chi connectivity index (χ4v) is 7.33. The van der Waals surface area contributed by atoms with Crippen molar-refractivity contribution in [2.24, 2.45) is 5.92 Å². The number of rotatable bonds is 6. The van der Waals surface area contributed by atoms with Gasteiger partial charge in [-0.2, -0.15) is 0 Å². The van der Waals surface area contributed by atoms with E-state index in [1.807, 2.05) is 0 Å². The largest absolute Gasteiger partial charge is 0.478 e. The lowest BCUT2D eigenvalue weighted by atomic mass is 9.88. The Hall–Kier alpha value is -2.46. The van der Waals surface area contributed by atoms with Gasteiger partial charge in [0.2, 0.25) is 0 Å². The second-order valence-electron chi connectivity index (χ2n) is 8.81. The Balaban J connectivity index is 1.55. The van der Waals surface area contributed by atoms with Crippen LogP contribution < -0.4 is 15.4 Å². The van der Waals surface area contributed by atoms with Crippen LogP contribution in [0.4, 0.5) is 9.39 Å². The van der Waals surface area contributed by atoms with E-state index in [2.05, 4.69) is 17.6 Å². The van der Waals surface area contributed by atoms with Crippen molar-refractivity contribution >= 4 is 38.0 Å². The normalized spacial score (nSPS) is 22.3. The second kappa shape index (κ2) is 9.42. The van der Waals surface area contributed by atoms with E-state index >= 15 is 0 Å². The van der Waals surface area contributed by atoms with Crippen molar-refractivity contribution < 1.29 is 27.1 Å². The van der Waals surface area contributed by atoms with Crippen LogP contribution in [0.25, 0.3) is 0 Å². The average molecular weight is 495 g/mol. The first kappa shape index (κ1) is 23.7. The van der Waals surface area contributed by atoms with Crippen LogP contribution >= 0.6 is 11.3 Å². The monoisotopic (exact) mass is 494 g/mol. The maximum atomic E-state index is 13.9. The molecule has 0 radical (unpaired) electrons. The number of fused-ring (bicyclic) bond motifs is 1. The predicted octanol–water partition coefficient (Wildman–Crippen LogP) is 3.33. The highest BCUT2D eigenvalue weighted by Gasteiger charge is 2.33. The van der Waals surface area contributed by atoms with Gasteiger partial charge >= 0.3 is 0 Å². The first-order chi connectivity index (χ1) is 15.6. The third-order valence-electron chi connectivity index (χ3n) is 6.05. The number of amides is 2. The molecule has 4 rings (SSSR count). The molecule has 0 spiro atoms. The number of thiophene rings is 1. The number of hydrogen-bond donors (Lipinski definition) is 2. The minimum absolute atomic E-state index is 0.0279. The average Bonchev–Trinajstić information content (AvgIpc) is 3.27. The summed E-state index contributed by atoms with van der Waals surface area (Å²) in [5.74, 6) is -1.00. The molecule has 10 heteroatoms. The molecule has 2 heterocycles. The van der Waals surface area contributed by atoms with E-state index in [1.54, 1.807) is 6.07 Å². The lowest BCUT2D eigenvalue weighted by Crippen LogP contribution is -2.37. The van der Waals surface area contributed by atoms with Crippen molar-refractivity contribution in [3.05, 3.63) is 46.1 Å². The lowest BCUT2D eigenvalue weighted by molar-refractivity contribution is -0.122. The van der Waals surface area contributed by atoms with Gasteiger partial charge in [-0.05, 0) is 56.2 Å². The van der Waals surface area contributed by atoms with Crippen LogP contribution in [0.5, 0.6) is 5.75 Å². The molecule has 1 aromatic heterocycles. The zero-order chi connectivity index (χ0) is 23.8. The Bertz CT molecular complexity index is 1180. The number of hydrogen-bond acceptors (Lipinski definition) is 6. The molecule has 0 saturated carbocycles. The number of nitrogens with one attached hydrogen (secondary N) is 2. The zero-order valence-corrected chi connectivity index (χ0v) is 20.2. The Kier molecular flexibility index (Phi) is 6.76. The van der Waals surface area contributed by atoms with Crippen molar-refractivity contribution in [1.29, 1.82) is 0 Å². The fourth-order valence-electron chi connectivity index (χ4n) is 4.24. The summed E-state index contributed by atoms with van der Waals surface area (Å²) in [6.07, 6.45) is 1.86. The lowest BCUT2D eigenvalue weighted by Gasteiger charge is -2.19. The van der Waals surface area contributed by atoms with Crippen LogP contribution in [-0.2, 0) is 27.5 Å². The molecule has 1 saturated heterocycles. The van der Waals surface area contributed by atoms with Gasteiger partial charge in [-0.15, -0.1) is 11.3 Å². The topological polar surface area (TPSA) is 102 Å². The van der Waals surface area contributed by atoms with Crippen LogP contribution in [0.2, 0.25) is 0 Å². The summed E-state index contributed by atoms with van der Waals surface area (Å²) < 4.78 is 43.0. The summed E-state index contributed by atoms with van der Waals surface area (Å²) in [6.45, 7) is 3.66. The van der Waals surface area contributed by atoms with Gasteiger partial charge in [0.1, 0.15) is 5.00 Å². The first-order valence-corrected chi connectivity index (χ1v) is 13.6. The zero-order valence-electron chi connectivity index (χ0n) is 18.5. The van der Waals surface area contributed by atoms with Gasteiger partial charge in [-0.3, -0.25) is 9.59 Å². The molecule has 2 aromatic rings. The third kappa shape index (κ3) is 5.38. The molecule has 3 atom stereocenters. The highest BCUT2D eigenvalue weighted by Crippen LogP contribution is 2.40. The Morgan fingerprint density at radius 1 is 1.24 bits per heavy atom. The maximum Gasteiger partial charge on any atom is 0.265 e. The summed E-state index contributed by atoms with van der Waals surface area (Å²) in [7, 11) is -3.14. The van der Waals surface area contributed by atoms with E-state index in [1.165, 1.54) is 36.5 Å². The summed E-state index contributed by atoms with van der Waals surface area (Å²) in [5.41, 5.74) is 1.31. The number of para-hydroxylation sites is 1. The number of sulfone groups is 1.